The van der Waals surface area contributed by atoms with Gasteiger partial charge in [-0.05, 0) is 30.5 Å². The Morgan fingerprint density at radius 1 is 1.31 bits per heavy atom. The summed E-state index contributed by atoms with van der Waals surface area (Å²) < 4.78 is 0. The number of hydrogen-bond donors (Lipinski definition) is 1. The van der Waals surface area contributed by atoms with Crippen molar-refractivity contribution in [3.63, 3.8) is 0 Å². The van der Waals surface area contributed by atoms with Gasteiger partial charge in [0.25, 0.3) is 0 Å². The monoisotopic (exact) mass is 234 g/mol. The third-order valence-electron chi connectivity index (χ3n) is 2.80. The number of nitrogens with one attached hydrogen (secondary N) is 1. The van der Waals surface area contributed by atoms with Crippen molar-refractivity contribution in [3.8, 4) is 0 Å². The van der Waals surface area contributed by atoms with Gasteiger partial charge in [0.2, 0.25) is 0 Å². The van der Waals surface area contributed by atoms with E-state index >= 15 is 0 Å². The van der Waals surface area contributed by atoms with Crippen LogP contribution in [0, 0.1) is 0 Å². The molecule has 16 heavy (non-hydrogen) atoms. The summed E-state index contributed by atoms with van der Waals surface area (Å²) in [7, 11) is 0. The molecule has 2 rings (SSSR count). The average Bonchev–Trinajstić information content (AvgIpc) is 2.78. The third-order valence-corrected chi connectivity index (χ3v) is 3.83. The highest BCUT2D eigenvalue weighted by atomic mass is 32.2. The molecular formula is C13H18N2S. The molecule has 1 atom stereocenters. The molecule has 0 bridgehead atoms. The fourth-order valence-corrected chi connectivity index (χ4v) is 2.71. The summed E-state index contributed by atoms with van der Waals surface area (Å²) >= 11 is 1.82. The molecule has 0 aliphatic carbocycles. The largest absolute Gasteiger partial charge is 0.335 e. The molecule has 1 N–H and O–H groups in total. The molecule has 1 aliphatic heterocycles. The molecule has 0 saturated heterocycles. The van der Waals surface area contributed by atoms with Crippen LogP contribution < -0.4 is 5.32 Å². The van der Waals surface area contributed by atoms with Crippen LogP contribution >= 0.6 is 11.8 Å². The maximum Gasteiger partial charge on any atom is 0.161 e. The van der Waals surface area contributed by atoms with Crippen molar-refractivity contribution in [2.75, 3.05) is 11.1 Å². The van der Waals surface area contributed by atoms with E-state index in [2.05, 4.69) is 48.4 Å². The van der Waals surface area contributed by atoms with Crippen molar-refractivity contribution in [3.05, 3.63) is 29.8 Å². The van der Waals surface area contributed by atoms with Crippen LogP contribution in [0.25, 0.3) is 0 Å². The molecule has 1 heterocycles. The molecule has 0 aromatic heterocycles. The number of amidine groups is 1. The van der Waals surface area contributed by atoms with E-state index in [1.807, 2.05) is 11.8 Å². The molecule has 1 aliphatic rings. The number of rotatable bonds is 3. The minimum Gasteiger partial charge on any atom is -0.335 e. The van der Waals surface area contributed by atoms with Gasteiger partial charge < -0.3 is 5.32 Å². The standard InChI is InChI=1S/C13H18N2S/c1-3-10-5-7-12(8-6-10)15-13-14-11(4-2)9-16-13/h5-8,11H,3-4,9H2,1-2H3,(H,14,15)/t11-/m0/s1. The van der Waals surface area contributed by atoms with Crippen LogP contribution in [0.4, 0.5) is 5.69 Å². The van der Waals surface area contributed by atoms with Gasteiger partial charge in [-0.25, -0.2) is 0 Å². The predicted molar refractivity (Wildman–Crippen MR) is 73.4 cm³/mol. The molecule has 0 spiro atoms. The minimum absolute atomic E-state index is 0.502. The molecule has 3 heteroatoms. The Hall–Kier alpha value is -0.960. The normalized spacial score (nSPS) is 19.6. The highest BCUT2D eigenvalue weighted by Crippen LogP contribution is 2.21. The van der Waals surface area contributed by atoms with E-state index in [0.717, 1.165) is 29.4 Å². The maximum atomic E-state index is 4.61. The van der Waals surface area contributed by atoms with Gasteiger partial charge in [0.05, 0.1) is 6.04 Å². The lowest BCUT2D eigenvalue weighted by atomic mass is 10.1. The molecule has 0 fully saturated rings. The summed E-state index contributed by atoms with van der Waals surface area (Å²) in [6.07, 6.45) is 2.22. The van der Waals surface area contributed by atoms with Gasteiger partial charge in [-0.2, -0.15) is 0 Å². The first-order valence-electron chi connectivity index (χ1n) is 5.88. The summed E-state index contributed by atoms with van der Waals surface area (Å²) in [5, 5.41) is 4.44. The second-order valence-corrected chi connectivity index (χ2v) is 4.99. The first-order valence-corrected chi connectivity index (χ1v) is 6.87. The highest BCUT2D eigenvalue weighted by molar-refractivity contribution is 8.14. The Balaban J connectivity index is 1.99. The van der Waals surface area contributed by atoms with Crippen LogP contribution in [0.15, 0.2) is 29.3 Å². The lowest BCUT2D eigenvalue weighted by Crippen LogP contribution is -2.05. The molecule has 0 radical (unpaired) electrons. The van der Waals surface area contributed by atoms with Gasteiger partial charge in [-0.1, -0.05) is 37.7 Å². The third kappa shape index (κ3) is 2.79. The Bertz CT molecular complexity index is 370. The van der Waals surface area contributed by atoms with E-state index in [-0.39, 0.29) is 0 Å². The smallest absolute Gasteiger partial charge is 0.161 e. The van der Waals surface area contributed by atoms with Crippen molar-refractivity contribution in [2.45, 2.75) is 32.7 Å². The predicted octanol–water partition coefficient (Wildman–Crippen LogP) is 3.54. The number of thioether (sulfide) groups is 1. The average molecular weight is 234 g/mol. The van der Waals surface area contributed by atoms with Crippen molar-refractivity contribution in [1.29, 1.82) is 0 Å². The lowest BCUT2D eigenvalue weighted by Gasteiger charge is -2.05. The van der Waals surface area contributed by atoms with Gasteiger partial charge in [0.1, 0.15) is 0 Å². The Labute approximate surface area is 102 Å². The van der Waals surface area contributed by atoms with E-state index in [1.54, 1.807) is 0 Å². The van der Waals surface area contributed by atoms with Crippen molar-refractivity contribution in [2.24, 2.45) is 4.99 Å². The second-order valence-electron chi connectivity index (χ2n) is 3.98. The number of hydrogen-bond acceptors (Lipinski definition) is 3. The summed E-state index contributed by atoms with van der Waals surface area (Å²) in [6.45, 7) is 4.36. The summed E-state index contributed by atoms with van der Waals surface area (Å²) in [4.78, 5) is 4.61. The van der Waals surface area contributed by atoms with Crippen molar-refractivity contribution >= 4 is 22.6 Å². The van der Waals surface area contributed by atoms with E-state index in [0.29, 0.717) is 6.04 Å². The number of benzene rings is 1. The number of aliphatic imine (C=N–C) groups is 1. The highest BCUT2D eigenvalue weighted by Gasteiger charge is 2.16. The van der Waals surface area contributed by atoms with Crippen LogP contribution in [-0.2, 0) is 6.42 Å². The van der Waals surface area contributed by atoms with Crippen molar-refractivity contribution in [1.82, 2.24) is 0 Å². The van der Waals surface area contributed by atoms with Crippen LogP contribution in [0.2, 0.25) is 0 Å². The fraction of sp³-hybridized carbons (Fsp3) is 0.462. The van der Waals surface area contributed by atoms with E-state index < -0.39 is 0 Å². The Morgan fingerprint density at radius 3 is 2.62 bits per heavy atom. The van der Waals surface area contributed by atoms with Gasteiger partial charge in [-0.3, -0.25) is 4.99 Å². The molecule has 0 saturated carbocycles. The zero-order valence-corrected chi connectivity index (χ0v) is 10.7. The van der Waals surface area contributed by atoms with Crippen LogP contribution in [0.5, 0.6) is 0 Å². The van der Waals surface area contributed by atoms with Gasteiger partial charge >= 0.3 is 0 Å². The van der Waals surface area contributed by atoms with E-state index in [4.69, 9.17) is 0 Å². The molecule has 1 aromatic carbocycles. The maximum absolute atomic E-state index is 4.61. The topological polar surface area (TPSA) is 24.4 Å². The Morgan fingerprint density at radius 2 is 2.06 bits per heavy atom. The van der Waals surface area contributed by atoms with Gasteiger partial charge in [-0.15, -0.1) is 0 Å². The number of nitrogens with zero attached hydrogens (tertiary/aromatic N) is 1. The van der Waals surface area contributed by atoms with Crippen LogP contribution in [-0.4, -0.2) is 17.0 Å². The van der Waals surface area contributed by atoms with E-state index in [1.165, 1.54) is 5.56 Å². The van der Waals surface area contributed by atoms with Crippen LogP contribution in [0.3, 0.4) is 0 Å². The Kier molecular flexibility index (Phi) is 3.88. The SMILES string of the molecule is CCc1ccc(NC2=N[C@@H](CC)CS2)cc1. The second kappa shape index (κ2) is 5.39. The number of aryl methyl sites for hydroxylation is 1. The minimum atomic E-state index is 0.502. The summed E-state index contributed by atoms with van der Waals surface area (Å²) in [5.74, 6) is 1.12. The molecular weight excluding hydrogens is 216 g/mol. The zero-order valence-electron chi connectivity index (χ0n) is 9.86. The summed E-state index contributed by atoms with van der Waals surface area (Å²) in [5.41, 5.74) is 2.51. The molecule has 0 amide bonds. The quantitative estimate of drug-likeness (QED) is 0.865. The van der Waals surface area contributed by atoms with Crippen LogP contribution in [0.1, 0.15) is 25.8 Å². The number of anilines is 1. The molecule has 0 unspecified atom stereocenters. The lowest BCUT2D eigenvalue weighted by molar-refractivity contribution is 0.738. The zero-order chi connectivity index (χ0) is 11.4. The van der Waals surface area contributed by atoms with Gasteiger partial charge in [0.15, 0.2) is 5.17 Å². The van der Waals surface area contributed by atoms with Gasteiger partial charge in [0, 0.05) is 11.4 Å². The first kappa shape index (κ1) is 11.5. The molecule has 1 aromatic rings. The first-order chi connectivity index (χ1) is 7.81. The molecule has 86 valence electrons. The van der Waals surface area contributed by atoms with E-state index in [9.17, 15) is 0 Å². The molecule has 2 nitrogen and oxygen atoms in total. The fourth-order valence-electron chi connectivity index (χ4n) is 1.64. The summed E-state index contributed by atoms with van der Waals surface area (Å²) in [6, 6.07) is 9.09. The van der Waals surface area contributed by atoms with Crippen molar-refractivity contribution < 1.29 is 0 Å².